The number of nitrogens with one attached hydrogen (secondary N) is 2. The van der Waals surface area contributed by atoms with Crippen molar-refractivity contribution in [2.45, 2.75) is 76.3 Å². The van der Waals surface area contributed by atoms with Gasteiger partial charge in [-0.05, 0) is 60.2 Å². The molecule has 3 amide bonds. The van der Waals surface area contributed by atoms with Gasteiger partial charge >= 0.3 is 6.09 Å². The summed E-state index contributed by atoms with van der Waals surface area (Å²) in [6.07, 6.45) is 2.56. The molecule has 6 rings (SSSR count). The first kappa shape index (κ1) is 36.8. The lowest BCUT2D eigenvalue weighted by Crippen LogP contribution is -2.57. The summed E-state index contributed by atoms with van der Waals surface area (Å²) in [6.45, 7) is 9.11. The smallest absolute Gasteiger partial charge is 0.413 e. The number of ether oxygens (including phenoxy) is 3. The largest absolute Gasteiger partial charge is 0.493 e. The van der Waals surface area contributed by atoms with Crippen LogP contribution >= 0.6 is 0 Å². The highest BCUT2D eigenvalue weighted by molar-refractivity contribution is 7.90. The van der Waals surface area contributed by atoms with Crippen LogP contribution in [0.3, 0.4) is 0 Å². The first-order valence-corrected chi connectivity index (χ1v) is 18.8. The fourth-order valence-electron chi connectivity index (χ4n) is 6.85. The normalized spacial score (nSPS) is 23.3. The maximum atomic E-state index is 14.6. The Hall–Kier alpha value is -4.98. The first-order valence-electron chi connectivity index (χ1n) is 17.3. The number of allylic oxidation sites excluding steroid dienone is 1. The van der Waals surface area contributed by atoms with Crippen molar-refractivity contribution in [1.82, 2.24) is 19.9 Å². The molecular weight excluding hydrogens is 689 g/mol. The van der Waals surface area contributed by atoms with Gasteiger partial charge in [0.05, 0.1) is 30.4 Å². The van der Waals surface area contributed by atoms with Crippen molar-refractivity contribution < 1.29 is 41.8 Å². The van der Waals surface area contributed by atoms with Crippen LogP contribution in [-0.2, 0) is 24.4 Å². The molecule has 0 radical (unpaired) electrons. The SMILES string of the molecule is C=C[C@@H]1C[C@]1(CC(=O)[C@@H]1C[C@@H](Oc2nccc3ccccc23)CN1C(=O)[C@@H](NC(=O)Oc1ccccc1OC)C(C)(C)C)C(=O)NS(=O)(=O)C1CC1. The van der Waals surface area contributed by atoms with E-state index in [0.717, 1.165) is 10.8 Å². The molecule has 2 N–H and O–H groups in total. The number of fused-ring (bicyclic) bond motifs is 1. The molecule has 0 spiro atoms. The number of carbonyl (C=O) groups is 4. The van der Waals surface area contributed by atoms with Crippen LogP contribution < -0.4 is 24.2 Å². The highest BCUT2D eigenvalue weighted by Crippen LogP contribution is 2.57. The highest BCUT2D eigenvalue weighted by Gasteiger charge is 2.61. The number of rotatable bonds is 13. The van der Waals surface area contributed by atoms with Gasteiger partial charge in [0.25, 0.3) is 0 Å². The molecule has 3 aliphatic rings. The molecule has 3 fully saturated rings. The molecule has 2 saturated carbocycles. The second kappa shape index (κ2) is 14.2. The zero-order valence-corrected chi connectivity index (χ0v) is 30.5. The molecule has 1 aliphatic heterocycles. The number of para-hydroxylation sites is 2. The summed E-state index contributed by atoms with van der Waals surface area (Å²) in [6, 6.07) is 13.8. The predicted octanol–water partition coefficient (Wildman–Crippen LogP) is 4.55. The van der Waals surface area contributed by atoms with Crippen LogP contribution in [0, 0.1) is 16.7 Å². The van der Waals surface area contributed by atoms with Gasteiger partial charge in [-0.25, -0.2) is 18.2 Å². The van der Waals surface area contributed by atoms with E-state index < -0.39 is 73.9 Å². The molecule has 1 aromatic heterocycles. The van der Waals surface area contributed by atoms with E-state index in [1.165, 1.54) is 12.0 Å². The number of aromatic nitrogens is 1. The lowest BCUT2D eigenvalue weighted by atomic mass is 9.85. The average Bonchev–Trinajstić information content (AvgIpc) is 4.03. The van der Waals surface area contributed by atoms with Crippen molar-refractivity contribution in [3.05, 3.63) is 73.4 Å². The zero-order valence-electron chi connectivity index (χ0n) is 29.7. The van der Waals surface area contributed by atoms with Crippen LogP contribution in [0.2, 0.25) is 0 Å². The summed E-state index contributed by atoms with van der Waals surface area (Å²) in [7, 11) is -2.42. The van der Waals surface area contributed by atoms with Gasteiger partial charge in [-0.1, -0.05) is 57.2 Å². The standard InChI is InChI=1S/C38H44N4O9S/c1-6-24-20-38(24,35(45)41-52(47,48)26-15-16-26)21-29(43)28-19-25(50-33-27-12-8-7-11-23(27)17-18-39-33)22-42(28)34(44)32(37(2,3)4)40-36(46)51-31-14-10-9-13-30(31)49-5/h6-14,17-18,24-26,28,32H,1,15-16,19-22H2,2-5H3,(H,40,46)(H,41,45)/t24-,25-,28+,32-,38-/m1/s1. The number of hydrogen-bond acceptors (Lipinski definition) is 10. The van der Waals surface area contributed by atoms with Crippen molar-refractivity contribution in [2.24, 2.45) is 16.7 Å². The third-order valence-electron chi connectivity index (χ3n) is 10.0. The van der Waals surface area contributed by atoms with E-state index >= 15 is 0 Å². The second-order valence-electron chi connectivity index (χ2n) is 14.8. The number of Topliss-reactive ketones (excluding diaryl/α,β-unsaturated/α-hetero) is 1. The van der Waals surface area contributed by atoms with Crippen LogP contribution in [0.15, 0.2) is 73.4 Å². The van der Waals surface area contributed by atoms with Crippen LogP contribution in [0.4, 0.5) is 4.79 Å². The minimum Gasteiger partial charge on any atom is -0.493 e. The average molecular weight is 733 g/mol. The third-order valence-corrected chi connectivity index (χ3v) is 11.9. The lowest BCUT2D eigenvalue weighted by Gasteiger charge is -2.35. The Morgan fingerprint density at radius 2 is 1.75 bits per heavy atom. The van der Waals surface area contributed by atoms with Gasteiger partial charge in [-0.15, -0.1) is 6.58 Å². The van der Waals surface area contributed by atoms with Crippen LogP contribution in [0.25, 0.3) is 10.8 Å². The third kappa shape index (κ3) is 7.62. The van der Waals surface area contributed by atoms with Crippen molar-refractivity contribution in [3.8, 4) is 17.4 Å². The van der Waals surface area contributed by atoms with Gasteiger partial charge in [0.15, 0.2) is 17.3 Å². The first-order chi connectivity index (χ1) is 24.7. The number of nitrogens with zero attached hydrogens (tertiary/aromatic N) is 2. The van der Waals surface area contributed by atoms with E-state index in [4.69, 9.17) is 14.2 Å². The zero-order chi connectivity index (χ0) is 37.4. The van der Waals surface area contributed by atoms with E-state index in [2.05, 4.69) is 21.6 Å². The van der Waals surface area contributed by atoms with Crippen LogP contribution in [0.5, 0.6) is 17.4 Å². The van der Waals surface area contributed by atoms with Gasteiger partial charge in [0.1, 0.15) is 12.1 Å². The molecule has 2 heterocycles. The minimum absolute atomic E-state index is 0.0178. The monoisotopic (exact) mass is 732 g/mol. The molecule has 13 nitrogen and oxygen atoms in total. The Morgan fingerprint density at radius 1 is 1.06 bits per heavy atom. The quantitative estimate of drug-likeness (QED) is 0.238. The molecule has 52 heavy (non-hydrogen) atoms. The molecule has 2 aromatic carbocycles. The Bertz CT molecular complexity index is 2000. The molecule has 14 heteroatoms. The van der Waals surface area contributed by atoms with Crippen molar-refractivity contribution in [3.63, 3.8) is 0 Å². The van der Waals surface area contributed by atoms with Crippen molar-refractivity contribution >= 4 is 44.5 Å². The van der Waals surface area contributed by atoms with E-state index in [1.807, 2.05) is 30.3 Å². The van der Waals surface area contributed by atoms with Gasteiger partial charge in [-0.3, -0.25) is 19.1 Å². The summed E-state index contributed by atoms with van der Waals surface area (Å²) in [5.74, 6) is -1.33. The van der Waals surface area contributed by atoms with Gasteiger partial charge in [0, 0.05) is 24.4 Å². The minimum atomic E-state index is -3.86. The Balaban J connectivity index is 1.27. The molecule has 0 bridgehead atoms. The number of sulfonamides is 1. The van der Waals surface area contributed by atoms with E-state index in [-0.39, 0.29) is 31.6 Å². The molecular formula is C38H44N4O9S. The number of pyridine rings is 1. The maximum Gasteiger partial charge on any atom is 0.413 e. The summed E-state index contributed by atoms with van der Waals surface area (Å²) in [5, 5.41) is 3.74. The van der Waals surface area contributed by atoms with Gasteiger partial charge < -0.3 is 24.4 Å². The summed E-state index contributed by atoms with van der Waals surface area (Å²) < 4.78 is 44.8. The molecule has 1 saturated heterocycles. The Kier molecular flexibility index (Phi) is 10.1. The molecule has 0 unspecified atom stereocenters. The predicted molar refractivity (Wildman–Crippen MR) is 192 cm³/mol. The second-order valence-corrected chi connectivity index (χ2v) is 16.8. The van der Waals surface area contributed by atoms with E-state index in [0.29, 0.717) is 24.5 Å². The summed E-state index contributed by atoms with van der Waals surface area (Å²) >= 11 is 0. The topological polar surface area (TPSA) is 170 Å². The number of amides is 3. The lowest BCUT2D eigenvalue weighted by molar-refractivity contribution is -0.142. The Morgan fingerprint density at radius 3 is 2.40 bits per heavy atom. The summed E-state index contributed by atoms with van der Waals surface area (Å²) in [4.78, 5) is 61.5. The van der Waals surface area contributed by atoms with Crippen LogP contribution in [-0.4, -0.2) is 79.1 Å². The van der Waals surface area contributed by atoms with Crippen molar-refractivity contribution in [1.29, 1.82) is 0 Å². The molecule has 5 atom stereocenters. The number of likely N-dealkylation sites (tertiary alicyclic amines) is 1. The van der Waals surface area contributed by atoms with Crippen molar-refractivity contribution in [2.75, 3.05) is 13.7 Å². The van der Waals surface area contributed by atoms with Crippen LogP contribution in [0.1, 0.15) is 52.9 Å². The molecule has 2 aliphatic carbocycles. The van der Waals surface area contributed by atoms with Gasteiger partial charge in [0.2, 0.25) is 27.7 Å². The van der Waals surface area contributed by atoms with Gasteiger partial charge in [-0.2, -0.15) is 0 Å². The number of methoxy groups -OCH3 is 1. The fraction of sp³-hybridized carbons (Fsp3) is 0.447. The number of benzene rings is 2. The summed E-state index contributed by atoms with van der Waals surface area (Å²) in [5.41, 5.74) is -2.16. The molecule has 276 valence electrons. The van der Waals surface area contributed by atoms with E-state index in [1.54, 1.807) is 57.3 Å². The number of hydrogen-bond donors (Lipinski definition) is 2. The molecule has 3 aromatic rings. The van der Waals surface area contributed by atoms with E-state index in [9.17, 15) is 27.6 Å². The number of carbonyl (C=O) groups excluding carboxylic acids is 4. The number of ketones is 1. The maximum absolute atomic E-state index is 14.6. The Labute approximate surface area is 303 Å². The highest BCUT2D eigenvalue weighted by atomic mass is 32.2. The fourth-order valence-corrected chi connectivity index (χ4v) is 8.23.